The molecule has 0 saturated heterocycles. The number of rotatable bonds is 8. The van der Waals surface area contributed by atoms with E-state index in [1.165, 1.54) is 5.56 Å². The van der Waals surface area contributed by atoms with Gasteiger partial charge in [0.2, 0.25) is 11.9 Å². The van der Waals surface area contributed by atoms with E-state index in [-0.39, 0.29) is 18.6 Å². The van der Waals surface area contributed by atoms with Crippen LogP contribution in [0.4, 0.5) is 11.6 Å². The van der Waals surface area contributed by atoms with Crippen LogP contribution in [0.3, 0.4) is 0 Å². The lowest BCUT2D eigenvalue weighted by Crippen LogP contribution is -2.44. The topological polar surface area (TPSA) is 139 Å². The zero-order chi connectivity index (χ0) is 24.2. The van der Waals surface area contributed by atoms with Crippen molar-refractivity contribution in [3.63, 3.8) is 0 Å². The van der Waals surface area contributed by atoms with Crippen LogP contribution in [0.1, 0.15) is 35.9 Å². The third-order valence-corrected chi connectivity index (χ3v) is 6.49. The number of nitrogens with one attached hydrogen (secondary N) is 4. The van der Waals surface area contributed by atoms with Gasteiger partial charge in [-0.2, -0.15) is 15.4 Å². The first-order valence-electron chi connectivity index (χ1n) is 11.9. The Balaban J connectivity index is 1.14. The van der Waals surface area contributed by atoms with E-state index in [0.29, 0.717) is 37.8 Å². The van der Waals surface area contributed by atoms with E-state index in [1.807, 2.05) is 28.1 Å². The highest BCUT2D eigenvalue weighted by atomic mass is 16.2. The van der Waals surface area contributed by atoms with Crippen molar-refractivity contribution >= 4 is 23.4 Å². The van der Waals surface area contributed by atoms with Crippen LogP contribution in [-0.4, -0.2) is 72.7 Å². The molecule has 0 aliphatic carbocycles. The normalized spacial score (nSPS) is 16.3. The number of benzene rings is 1. The Morgan fingerprint density at radius 3 is 2.97 bits per heavy atom. The summed E-state index contributed by atoms with van der Waals surface area (Å²) < 4.78 is 0. The summed E-state index contributed by atoms with van der Waals surface area (Å²) in [6.45, 7) is 3.63. The Hall–Kier alpha value is -4.02. The van der Waals surface area contributed by atoms with Crippen molar-refractivity contribution in [2.75, 3.05) is 30.3 Å². The highest BCUT2D eigenvalue weighted by Gasteiger charge is 2.25. The molecule has 3 aromatic rings. The minimum atomic E-state index is 0.0128. The fourth-order valence-corrected chi connectivity index (χ4v) is 4.56. The SMILES string of the molecule is CC(=N)N(CCCc1cn[nH]n1)CC(=O)N1CCc2nc(NC3Cc4ccccc4N3)ncc2C1. The molecule has 2 aromatic heterocycles. The highest BCUT2D eigenvalue weighted by Crippen LogP contribution is 2.26. The van der Waals surface area contributed by atoms with Crippen molar-refractivity contribution in [3.05, 3.63) is 59.2 Å². The standard InChI is InChI=1S/C24H30N10O/c1-16(25)33(9-4-6-19-13-27-32-31-19)15-23(35)34-10-8-21-18(14-34)12-26-24(29-21)30-22-11-17-5-2-3-7-20(17)28-22/h2-3,5,7,12-13,22,25,28H,4,6,8-11,14-15H2,1H3,(H,26,29,30)(H,27,31,32). The average molecular weight is 475 g/mol. The van der Waals surface area contributed by atoms with Gasteiger partial charge in [-0.3, -0.25) is 10.2 Å². The fourth-order valence-electron chi connectivity index (χ4n) is 4.56. The average Bonchev–Trinajstić information content (AvgIpc) is 3.52. The number of H-pyrrole nitrogens is 1. The molecule has 4 N–H and O–H groups in total. The molecule has 5 rings (SSSR count). The van der Waals surface area contributed by atoms with E-state index >= 15 is 0 Å². The Morgan fingerprint density at radius 2 is 2.17 bits per heavy atom. The Bertz CT molecular complexity index is 1170. The molecule has 11 nitrogen and oxygen atoms in total. The van der Waals surface area contributed by atoms with Gasteiger partial charge in [-0.05, 0) is 31.4 Å². The maximum atomic E-state index is 13.0. The molecule has 1 unspecified atom stereocenters. The van der Waals surface area contributed by atoms with Gasteiger partial charge in [-0.15, -0.1) is 0 Å². The van der Waals surface area contributed by atoms with E-state index in [2.05, 4.69) is 43.2 Å². The molecular formula is C24H30N10O. The van der Waals surface area contributed by atoms with Crippen LogP contribution in [0, 0.1) is 5.41 Å². The number of aryl methyl sites for hydroxylation is 1. The first-order valence-corrected chi connectivity index (χ1v) is 11.9. The number of amidine groups is 1. The van der Waals surface area contributed by atoms with E-state index in [0.717, 1.165) is 41.9 Å². The minimum Gasteiger partial charge on any atom is -0.365 e. The monoisotopic (exact) mass is 474 g/mol. The Kier molecular flexibility index (Phi) is 6.55. The summed E-state index contributed by atoms with van der Waals surface area (Å²) in [7, 11) is 0. The Morgan fingerprint density at radius 1 is 1.29 bits per heavy atom. The fraction of sp³-hybridized carbons (Fsp3) is 0.417. The van der Waals surface area contributed by atoms with Gasteiger partial charge in [0.05, 0.1) is 30.0 Å². The number of carbonyl (C=O) groups excluding carboxylic acids is 1. The smallest absolute Gasteiger partial charge is 0.242 e. The lowest BCUT2D eigenvalue weighted by Gasteiger charge is -2.31. The molecule has 1 aromatic carbocycles. The van der Waals surface area contributed by atoms with E-state index in [9.17, 15) is 4.79 Å². The second kappa shape index (κ2) is 10.1. The number of aromatic nitrogens is 5. The van der Waals surface area contributed by atoms with Crippen molar-refractivity contribution < 1.29 is 4.79 Å². The summed E-state index contributed by atoms with van der Waals surface area (Å²) in [6, 6.07) is 8.28. The molecule has 0 spiro atoms. The number of fused-ring (bicyclic) bond motifs is 2. The quantitative estimate of drug-likeness (QED) is 0.286. The van der Waals surface area contributed by atoms with E-state index in [4.69, 9.17) is 10.4 Å². The highest BCUT2D eigenvalue weighted by molar-refractivity contribution is 5.85. The van der Waals surface area contributed by atoms with Gasteiger partial charge in [0.1, 0.15) is 6.17 Å². The first-order chi connectivity index (χ1) is 17.0. The van der Waals surface area contributed by atoms with Crippen molar-refractivity contribution in [2.45, 2.75) is 45.3 Å². The molecule has 2 aliphatic rings. The lowest BCUT2D eigenvalue weighted by atomic mass is 10.1. The molecule has 0 fully saturated rings. The molecule has 182 valence electrons. The van der Waals surface area contributed by atoms with Crippen LogP contribution in [-0.2, 0) is 30.6 Å². The van der Waals surface area contributed by atoms with Crippen molar-refractivity contribution in [1.29, 1.82) is 5.41 Å². The van der Waals surface area contributed by atoms with Gasteiger partial charge in [0.15, 0.2) is 0 Å². The predicted molar refractivity (Wildman–Crippen MR) is 132 cm³/mol. The third-order valence-electron chi connectivity index (χ3n) is 6.49. The van der Waals surface area contributed by atoms with Gasteiger partial charge < -0.3 is 20.4 Å². The molecule has 2 aliphatic heterocycles. The zero-order valence-corrected chi connectivity index (χ0v) is 19.8. The number of carbonyl (C=O) groups is 1. The minimum absolute atomic E-state index is 0.0128. The maximum Gasteiger partial charge on any atom is 0.242 e. The number of anilines is 2. The number of hydrogen-bond donors (Lipinski definition) is 4. The van der Waals surface area contributed by atoms with Crippen LogP contribution in [0.15, 0.2) is 36.7 Å². The van der Waals surface area contributed by atoms with Crippen molar-refractivity contribution in [1.82, 2.24) is 35.2 Å². The lowest BCUT2D eigenvalue weighted by molar-refractivity contribution is -0.132. The molecule has 1 amide bonds. The van der Waals surface area contributed by atoms with Crippen LogP contribution in [0.25, 0.3) is 0 Å². The van der Waals surface area contributed by atoms with E-state index in [1.54, 1.807) is 13.1 Å². The predicted octanol–water partition coefficient (Wildman–Crippen LogP) is 1.82. The van der Waals surface area contributed by atoms with Gasteiger partial charge in [-0.1, -0.05) is 18.2 Å². The second-order valence-electron chi connectivity index (χ2n) is 9.01. The van der Waals surface area contributed by atoms with Crippen LogP contribution >= 0.6 is 0 Å². The molecule has 0 saturated carbocycles. The van der Waals surface area contributed by atoms with Crippen LogP contribution in [0.5, 0.6) is 0 Å². The molecular weight excluding hydrogens is 444 g/mol. The first kappa shape index (κ1) is 22.8. The van der Waals surface area contributed by atoms with Gasteiger partial charge in [0.25, 0.3) is 0 Å². The summed E-state index contributed by atoms with van der Waals surface area (Å²) in [4.78, 5) is 25.9. The van der Waals surface area contributed by atoms with Gasteiger partial charge in [0, 0.05) is 49.9 Å². The third kappa shape index (κ3) is 5.39. The summed E-state index contributed by atoms with van der Waals surface area (Å²) in [6.07, 6.45) is 6.69. The Labute approximate surface area is 203 Å². The summed E-state index contributed by atoms with van der Waals surface area (Å²) in [5, 5.41) is 25.4. The van der Waals surface area contributed by atoms with Crippen LogP contribution in [0.2, 0.25) is 0 Å². The van der Waals surface area contributed by atoms with Gasteiger partial charge in [-0.25, -0.2) is 9.97 Å². The molecule has 35 heavy (non-hydrogen) atoms. The largest absolute Gasteiger partial charge is 0.365 e. The molecule has 1 atom stereocenters. The van der Waals surface area contributed by atoms with Crippen LogP contribution < -0.4 is 10.6 Å². The molecule has 4 heterocycles. The summed E-state index contributed by atoms with van der Waals surface area (Å²) >= 11 is 0. The number of amides is 1. The molecule has 0 bridgehead atoms. The number of aromatic amines is 1. The number of para-hydroxylation sites is 1. The maximum absolute atomic E-state index is 13.0. The number of hydrogen-bond acceptors (Lipinski definition) is 8. The number of nitrogens with zero attached hydrogens (tertiary/aromatic N) is 6. The molecule has 0 radical (unpaired) electrons. The van der Waals surface area contributed by atoms with Gasteiger partial charge >= 0.3 is 0 Å². The molecule has 11 heteroatoms. The summed E-state index contributed by atoms with van der Waals surface area (Å²) in [5.41, 5.74) is 5.26. The van der Waals surface area contributed by atoms with E-state index < -0.39 is 0 Å². The zero-order valence-electron chi connectivity index (χ0n) is 19.8. The summed E-state index contributed by atoms with van der Waals surface area (Å²) in [5.74, 6) is 1.00. The van der Waals surface area contributed by atoms with Crippen molar-refractivity contribution in [2.24, 2.45) is 0 Å². The van der Waals surface area contributed by atoms with Crippen molar-refractivity contribution in [3.8, 4) is 0 Å². The second-order valence-corrected chi connectivity index (χ2v) is 9.01.